The lowest BCUT2D eigenvalue weighted by atomic mass is 10.1. The maximum absolute atomic E-state index is 11.1. The number of hydrogen-bond donors (Lipinski definition) is 2. The average molecular weight is 269 g/mol. The van der Waals surface area contributed by atoms with Crippen LogP contribution in [0.5, 0.6) is 0 Å². The predicted octanol–water partition coefficient (Wildman–Crippen LogP) is 3.28. The molecule has 0 aliphatic heterocycles. The van der Waals surface area contributed by atoms with E-state index in [1.54, 1.807) is 0 Å². The Labute approximate surface area is 111 Å². The molecule has 0 amide bonds. The van der Waals surface area contributed by atoms with E-state index >= 15 is 0 Å². The molecule has 98 valence electrons. The van der Waals surface area contributed by atoms with Gasteiger partial charge in [-0.25, -0.2) is 9.78 Å². The minimum Gasteiger partial charge on any atom is -0.478 e. The summed E-state index contributed by atoms with van der Waals surface area (Å²) >= 11 is 5.80. The molecule has 0 bridgehead atoms. The number of carboxylic acid groups (broad SMARTS) is 1. The summed E-state index contributed by atoms with van der Waals surface area (Å²) in [7, 11) is 0. The molecular formula is C13H17ClN2O2. The third-order valence-electron chi connectivity index (χ3n) is 3.45. The molecule has 0 saturated heterocycles. The Balaban J connectivity index is 2.04. The number of anilines is 1. The van der Waals surface area contributed by atoms with Crippen LogP contribution in [0.3, 0.4) is 0 Å². The van der Waals surface area contributed by atoms with Crippen molar-refractivity contribution in [1.29, 1.82) is 0 Å². The highest BCUT2D eigenvalue weighted by atomic mass is 35.5. The van der Waals surface area contributed by atoms with Crippen molar-refractivity contribution < 1.29 is 9.90 Å². The molecule has 1 aliphatic rings. The van der Waals surface area contributed by atoms with E-state index in [0.29, 0.717) is 16.9 Å². The number of nitrogens with zero attached hydrogens (tertiary/aromatic N) is 1. The van der Waals surface area contributed by atoms with E-state index < -0.39 is 5.97 Å². The molecule has 0 radical (unpaired) electrons. The fourth-order valence-electron chi connectivity index (χ4n) is 2.49. The first kappa shape index (κ1) is 13.1. The zero-order chi connectivity index (χ0) is 13.1. The molecule has 1 heterocycles. The van der Waals surface area contributed by atoms with Crippen LogP contribution < -0.4 is 5.32 Å². The van der Waals surface area contributed by atoms with Gasteiger partial charge < -0.3 is 10.4 Å². The molecule has 2 atom stereocenters. The van der Waals surface area contributed by atoms with Gasteiger partial charge in [-0.1, -0.05) is 24.9 Å². The van der Waals surface area contributed by atoms with E-state index in [1.165, 1.54) is 31.4 Å². The molecule has 0 aromatic carbocycles. The monoisotopic (exact) mass is 268 g/mol. The second-order valence-electron chi connectivity index (χ2n) is 5.00. The van der Waals surface area contributed by atoms with Crippen LogP contribution in [0.2, 0.25) is 5.15 Å². The Hall–Kier alpha value is -1.29. The second-order valence-corrected chi connectivity index (χ2v) is 5.39. The first-order chi connectivity index (χ1) is 8.56. The molecule has 1 fully saturated rings. The summed E-state index contributed by atoms with van der Waals surface area (Å²) < 4.78 is 0. The topological polar surface area (TPSA) is 62.2 Å². The first-order valence-electron chi connectivity index (χ1n) is 6.20. The largest absolute Gasteiger partial charge is 0.478 e. The van der Waals surface area contributed by atoms with Gasteiger partial charge >= 0.3 is 5.97 Å². The minimum absolute atomic E-state index is 0.172. The van der Waals surface area contributed by atoms with Gasteiger partial charge in [-0.05, 0) is 36.8 Å². The summed E-state index contributed by atoms with van der Waals surface area (Å²) in [6.45, 7) is 3.01. The van der Waals surface area contributed by atoms with Crippen LogP contribution in [-0.4, -0.2) is 22.6 Å². The normalized spacial score (nSPS) is 23.0. The minimum atomic E-state index is -0.985. The van der Waals surface area contributed by atoms with Crippen LogP contribution in [-0.2, 0) is 0 Å². The maximum atomic E-state index is 11.1. The van der Waals surface area contributed by atoms with Crippen LogP contribution in [0.4, 0.5) is 5.82 Å². The summed E-state index contributed by atoms with van der Waals surface area (Å²) in [5.41, 5.74) is 0.172. The van der Waals surface area contributed by atoms with Crippen molar-refractivity contribution >= 4 is 23.4 Å². The van der Waals surface area contributed by atoms with Crippen molar-refractivity contribution in [1.82, 2.24) is 4.98 Å². The highest BCUT2D eigenvalue weighted by Crippen LogP contribution is 2.30. The summed E-state index contributed by atoms with van der Waals surface area (Å²) in [6.07, 6.45) is 3.63. The molecule has 5 heteroatoms. The van der Waals surface area contributed by atoms with Crippen molar-refractivity contribution in [2.24, 2.45) is 11.8 Å². The van der Waals surface area contributed by atoms with Crippen molar-refractivity contribution in [3.63, 3.8) is 0 Å². The quantitative estimate of drug-likeness (QED) is 0.823. The molecule has 1 aromatic rings. The molecule has 2 unspecified atom stereocenters. The number of aromatic nitrogens is 1. The highest BCUT2D eigenvalue weighted by Gasteiger charge is 2.22. The smallest absolute Gasteiger partial charge is 0.339 e. The van der Waals surface area contributed by atoms with Crippen LogP contribution in [0.15, 0.2) is 12.1 Å². The Morgan fingerprint density at radius 1 is 1.56 bits per heavy atom. The van der Waals surface area contributed by atoms with Gasteiger partial charge in [0.25, 0.3) is 0 Å². The number of carboxylic acids is 1. The maximum Gasteiger partial charge on any atom is 0.339 e. The number of aromatic carboxylic acids is 1. The van der Waals surface area contributed by atoms with E-state index in [0.717, 1.165) is 12.5 Å². The Kier molecular flexibility index (Phi) is 4.07. The Bertz CT molecular complexity index is 451. The van der Waals surface area contributed by atoms with Gasteiger partial charge in [0.1, 0.15) is 16.5 Å². The van der Waals surface area contributed by atoms with E-state index in [9.17, 15) is 4.79 Å². The van der Waals surface area contributed by atoms with Crippen molar-refractivity contribution in [3.05, 3.63) is 22.8 Å². The number of carbonyl (C=O) groups is 1. The van der Waals surface area contributed by atoms with Gasteiger partial charge in [0, 0.05) is 6.54 Å². The lowest BCUT2D eigenvalue weighted by Gasteiger charge is -2.13. The molecule has 2 rings (SSSR count). The van der Waals surface area contributed by atoms with Crippen LogP contribution >= 0.6 is 11.6 Å². The number of nitrogens with one attached hydrogen (secondary N) is 1. The first-order valence-corrected chi connectivity index (χ1v) is 6.57. The van der Waals surface area contributed by atoms with E-state index in [4.69, 9.17) is 16.7 Å². The van der Waals surface area contributed by atoms with Crippen molar-refractivity contribution in [2.75, 3.05) is 11.9 Å². The average Bonchev–Trinajstić information content (AvgIpc) is 2.72. The van der Waals surface area contributed by atoms with E-state index in [2.05, 4.69) is 17.2 Å². The molecule has 1 aromatic heterocycles. The number of pyridine rings is 1. The van der Waals surface area contributed by atoms with Gasteiger partial charge in [0.2, 0.25) is 0 Å². The van der Waals surface area contributed by atoms with Crippen molar-refractivity contribution in [2.45, 2.75) is 26.2 Å². The molecular weight excluding hydrogens is 252 g/mol. The van der Waals surface area contributed by atoms with Gasteiger partial charge in [-0.15, -0.1) is 0 Å². The van der Waals surface area contributed by atoms with Crippen LogP contribution in [0.1, 0.15) is 36.5 Å². The van der Waals surface area contributed by atoms with Gasteiger partial charge in [-0.2, -0.15) is 0 Å². The lowest BCUT2D eigenvalue weighted by molar-refractivity contribution is 0.0697. The fourth-order valence-corrected chi connectivity index (χ4v) is 2.64. The molecule has 1 saturated carbocycles. The number of halogens is 1. The summed E-state index contributed by atoms with van der Waals surface area (Å²) in [5.74, 6) is 0.751. The molecule has 2 N–H and O–H groups in total. The van der Waals surface area contributed by atoms with Gasteiger partial charge in [0.15, 0.2) is 0 Å². The SMILES string of the molecule is CC1CCC(CNc2nc(Cl)ccc2C(=O)O)C1. The molecule has 4 nitrogen and oxygen atoms in total. The molecule has 1 aliphatic carbocycles. The third kappa shape index (κ3) is 3.13. The third-order valence-corrected chi connectivity index (χ3v) is 3.66. The van der Waals surface area contributed by atoms with Gasteiger partial charge in [0.05, 0.1) is 0 Å². The molecule has 18 heavy (non-hydrogen) atoms. The standard InChI is InChI=1S/C13H17ClN2O2/c1-8-2-3-9(6-8)7-15-12-10(13(17)18)4-5-11(14)16-12/h4-5,8-9H,2-3,6-7H2,1H3,(H,15,16)(H,17,18). The highest BCUT2D eigenvalue weighted by molar-refractivity contribution is 6.29. The summed E-state index contributed by atoms with van der Waals surface area (Å²) in [5, 5.41) is 12.5. The van der Waals surface area contributed by atoms with E-state index in [-0.39, 0.29) is 5.56 Å². The molecule has 0 spiro atoms. The Morgan fingerprint density at radius 2 is 2.33 bits per heavy atom. The predicted molar refractivity (Wildman–Crippen MR) is 71.2 cm³/mol. The Morgan fingerprint density at radius 3 is 2.94 bits per heavy atom. The number of hydrogen-bond acceptors (Lipinski definition) is 3. The zero-order valence-electron chi connectivity index (χ0n) is 10.3. The van der Waals surface area contributed by atoms with Crippen LogP contribution in [0, 0.1) is 11.8 Å². The second kappa shape index (κ2) is 5.57. The lowest BCUT2D eigenvalue weighted by Crippen LogP contribution is -2.15. The number of rotatable bonds is 4. The van der Waals surface area contributed by atoms with Crippen LogP contribution in [0.25, 0.3) is 0 Å². The fraction of sp³-hybridized carbons (Fsp3) is 0.538. The summed E-state index contributed by atoms with van der Waals surface area (Å²) in [4.78, 5) is 15.1. The van der Waals surface area contributed by atoms with Crippen molar-refractivity contribution in [3.8, 4) is 0 Å². The van der Waals surface area contributed by atoms with E-state index in [1.807, 2.05) is 0 Å². The zero-order valence-corrected chi connectivity index (χ0v) is 11.1. The van der Waals surface area contributed by atoms with Gasteiger partial charge in [-0.3, -0.25) is 0 Å². The summed E-state index contributed by atoms with van der Waals surface area (Å²) in [6, 6.07) is 2.98.